The van der Waals surface area contributed by atoms with E-state index < -0.39 is 43.4 Å². The molecule has 0 amide bonds. The Morgan fingerprint density at radius 1 is 1.37 bits per heavy atom. The van der Waals surface area contributed by atoms with Crippen molar-refractivity contribution in [1.29, 1.82) is 0 Å². The van der Waals surface area contributed by atoms with E-state index in [2.05, 4.69) is 37.6 Å². The predicted octanol–water partition coefficient (Wildman–Crippen LogP) is 2.36. The minimum Gasteiger partial charge on any atom is -0.449 e. The number of nitrogens with one attached hydrogen (secondary N) is 1. The average molecular weight is 539 g/mol. The third kappa shape index (κ3) is 2.30. The lowest BCUT2D eigenvalue weighted by atomic mass is 9.92. The number of alkyl halides is 1. The number of azide groups is 1. The van der Waals surface area contributed by atoms with Crippen LogP contribution >= 0.6 is 34.4 Å². The number of aromatic nitrogens is 2. The highest BCUT2D eigenvalue weighted by Gasteiger charge is 2.96. The summed E-state index contributed by atoms with van der Waals surface area (Å²) in [6, 6.07) is 9.74. The Morgan fingerprint density at radius 3 is 2.70 bits per heavy atom. The lowest BCUT2D eigenvalue weighted by Gasteiger charge is -2.47. The highest BCUT2D eigenvalue weighted by molar-refractivity contribution is 14.1. The SMILES string of the molecule is [N-]=[N+]=NC12O[C@@H](n3ccc(=O)[nH]c3=O)[C@@]3(CCS3)[C@@]1(OC(=O)c1ccccc1)C2I. The van der Waals surface area contributed by atoms with E-state index in [-0.39, 0.29) is 0 Å². The van der Waals surface area contributed by atoms with Gasteiger partial charge >= 0.3 is 11.7 Å². The summed E-state index contributed by atoms with van der Waals surface area (Å²) in [5.41, 5.74) is 5.72. The van der Waals surface area contributed by atoms with Crippen molar-refractivity contribution in [3.63, 3.8) is 0 Å². The first-order valence-corrected chi connectivity index (χ1v) is 11.3. The molecule has 2 unspecified atom stereocenters. The van der Waals surface area contributed by atoms with Crippen LogP contribution in [0.5, 0.6) is 0 Å². The van der Waals surface area contributed by atoms with E-state index in [9.17, 15) is 19.9 Å². The highest BCUT2D eigenvalue weighted by atomic mass is 127. The van der Waals surface area contributed by atoms with Crippen molar-refractivity contribution in [1.82, 2.24) is 9.55 Å². The first-order chi connectivity index (χ1) is 14.4. The number of halogens is 1. The monoisotopic (exact) mass is 539 g/mol. The van der Waals surface area contributed by atoms with Gasteiger partial charge in [-0.25, -0.2) is 9.59 Å². The Morgan fingerprint density at radius 2 is 2.10 bits per heavy atom. The molecular weight excluding hydrogens is 525 g/mol. The molecule has 3 heterocycles. The number of thioether (sulfide) groups is 1. The summed E-state index contributed by atoms with van der Waals surface area (Å²) in [4.78, 5) is 42.1. The number of H-pyrrole nitrogens is 1. The molecule has 3 fully saturated rings. The van der Waals surface area contributed by atoms with Gasteiger partial charge in [0.15, 0.2) is 11.8 Å². The quantitative estimate of drug-likeness (QED) is 0.158. The molecule has 2 aliphatic heterocycles. The Hall–Kier alpha value is -2.28. The fraction of sp³-hybridized carbons (Fsp3) is 0.389. The molecule has 1 saturated carbocycles. The van der Waals surface area contributed by atoms with Crippen molar-refractivity contribution >= 4 is 40.3 Å². The number of fused-ring (bicyclic) bond motifs is 2. The Labute approximate surface area is 186 Å². The van der Waals surface area contributed by atoms with Gasteiger partial charge in [-0.15, -0.1) is 11.8 Å². The van der Waals surface area contributed by atoms with Crippen LogP contribution in [0.3, 0.4) is 0 Å². The molecule has 1 aromatic carbocycles. The van der Waals surface area contributed by atoms with Crippen molar-refractivity contribution in [3.8, 4) is 0 Å². The molecule has 12 heteroatoms. The van der Waals surface area contributed by atoms with Gasteiger partial charge in [-0.2, -0.15) is 0 Å². The largest absolute Gasteiger partial charge is 0.449 e. The maximum atomic E-state index is 13.0. The average Bonchev–Trinajstić information content (AvgIpc) is 3.05. The number of carbonyl (C=O) groups is 1. The summed E-state index contributed by atoms with van der Waals surface area (Å²) in [6.45, 7) is 0. The van der Waals surface area contributed by atoms with Crippen LogP contribution in [0.1, 0.15) is 23.0 Å². The minimum absolute atomic E-state index is 0.362. The first kappa shape index (κ1) is 19.7. The van der Waals surface area contributed by atoms with Crippen LogP contribution in [0.15, 0.2) is 57.3 Å². The van der Waals surface area contributed by atoms with Crippen molar-refractivity contribution in [2.45, 2.75) is 32.6 Å². The smallest absolute Gasteiger partial charge is 0.338 e. The summed E-state index contributed by atoms with van der Waals surface area (Å²) in [6.07, 6.45) is 1.05. The molecule has 1 aromatic heterocycles. The second-order valence-electron chi connectivity index (χ2n) is 7.22. The standard InChI is InChI=1S/C18H14IN5O5S/c19-13-17(28-12(26)10-4-2-1-3-5-10)16(7-9-30-16)14(29-18(13,17)22-23-20)24-8-6-11(25)21-15(24)27/h1-6,8,13-14H,7,9H2,(H,21,25,27)/t13?,14-,16+,17+,18?/m1/s1. The summed E-state index contributed by atoms with van der Waals surface area (Å²) >= 11 is 3.58. The topological polar surface area (TPSA) is 139 Å². The zero-order valence-corrected chi connectivity index (χ0v) is 18.2. The zero-order valence-electron chi connectivity index (χ0n) is 15.2. The molecule has 2 aromatic rings. The molecule has 1 aliphatic carbocycles. The van der Waals surface area contributed by atoms with E-state index in [1.807, 2.05) is 0 Å². The first-order valence-electron chi connectivity index (χ1n) is 9.04. The van der Waals surface area contributed by atoms with Crippen molar-refractivity contribution in [3.05, 3.63) is 79.4 Å². The van der Waals surface area contributed by atoms with Crippen molar-refractivity contribution in [2.75, 3.05) is 5.75 Å². The fourth-order valence-electron chi connectivity index (χ4n) is 4.39. The predicted molar refractivity (Wildman–Crippen MR) is 116 cm³/mol. The van der Waals surface area contributed by atoms with Crippen LogP contribution in [0.4, 0.5) is 0 Å². The van der Waals surface area contributed by atoms with E-state index in [0.29, 0.717) is 12.0 Å². The van der Waals surface area contributed by atoms with Gasteiger partial charge in [0.05, 0.1) is 9.49 Å². The number of hydrogen-bond acceptors (Lipinski definition) is 7. The molecule has 2 saturated heterocycles. The van der Waals surface area contributed by atoms with Crippen LogP contribution in [-0.4, -0.2) is 41.3 Å². The summed E-state index contributed by atoms with van der Waals surface area (Å²) in [5.74, 6) is 0.204. The maximum absolute atomic E-state index is 13.0. The van der Waals surface area contributed by atoms with Gasteiger partial charge in [-0.05, 0) is 29.8 Å². The number of hydrogen-bond donors (Lipinski definition) is 1. The number of esters is 1. The molecule has 30 heavy (non-hydrogen) atoms. The third-order valence-corrected chi connectivity index (χ3v) is 9.22. The van der Waals surface area contributed by atoms with Crippen molar-refractivity contribution < 1.29 is 14.3 Å². The molecule has 5 rings (SSSR count). The van der Waals surface area contributed by atoms with E-state index >= 15 is 0 Å². The van der Waals surface area contributed by atoms with Crippen LogP contribution in [-0.2, 0) is 9.47 Å². The number of benzene rings is 1. The summed E-state index contributed by atoms with van der Waals surface area (Å²) in [5, 5.41) is 3.90. The van der Waals surface area contributed by atoms with Gasteiger partial charge in [-0.1, -0.05) is 45.9 Å². The van der Waals surface area contributed by atoms with Crippen LogP contribution in [0.25, 0.3) is 10.4 Å². The molecule has 0 bridgehead atoms. The summed E-state index contributed by atoms with van der Waals surface area (Å²) < 4.78 is 12.2. The lowest BCUT2D eigenvalue weighted by Crippen LogP contribution is -2.56. The van der Waals surface area contributed by atoms with E-state index in [0.717, 1.165) is 5.75 Å². The molecule has 3 aliphatic rings. The van der Waals surface area contributed by atoms with Crippen LogP contribution in [0.2, 0.25) is 0 Å². The molecule has 10 nitrogen and oxygen atoms in total. The lowest BCUT2D eigenvalue weighted by molar-refractivity contribution is -0.0461. The van der Waals surface area contributed by atoms with Gasteiger partial charge in [0.2, 0.25) is 5.72 Å². The minimum atomic E-state index is -1.44. The van der Waals surface area contributed by atoms with Crippen LogP contribution in [0, 0.1) is 0 Å². The van der Waals surface area contributed by atoms with Gasteiger partial charge in [0.25, 0.3) is 5.56 Å². The maximum Gasteiger partial charge on any atom is 0.338 e. The van der Waals surface area contributed by atoms with E-state index in [4.69, 9.17) is 9.47 Å². The molecule has 0 radical (unpaired) electrons. The normalized spacial score (nSPS) is 35.8. The second kappa shape index (κ2) is 6.61. The molecule has 1 N–H and O–H groups in total. The number of carbonyl (C=O) groups excluding carboxylic acids is 1. The Balaban J connectivity index is 1.63. The molecule has 1 spiro atoms. The fourth-order valence-corrected chi connectivity index (χ4v) is 7.75. The Bertz CT molecular complexity index is 1210. The van der Waals surface area contributed by atoms with Gasteiger partial charge in [-0.3, -0.25) is 14.3 Å². The number of nitrogens with zero attached hydrogens (tertiary/aromatic N) is 4. The Kier molecular flexibility index (Phi) is 4.33. The molecule has 5 atom stereocenters. The van der Waals surface area contributed by atoms with Gasteiger partial charge in [0.1, 0.15) is 4.75 Å². The highest BCUT2D eigenvalue weighted by Crippen LogP contribution is 2.79. The third-order valence-electron chi connectivity index (χ3n) is 5.86. The van der Waals surface area contributed by atoms with Crippen molar-refractivity contribution in [2.24, 2.45) is 5.11 Å². The molecule has 154 valence electrons. The summed E-state index contributed by atoms with van der Waals surface area (Å²) in [7, 11) is 0. The number of rotatable bonds is 4. The molecular formula is C18H14IN5O5S. The van der Waals surface area contributed by atoms with Gasteiger partial charge < -0.3 is 9.47 Å². The second-order valence-corrected chi connectivity index (χ2v) is 9.89. The van der Waals surface area contributed by atoms with E-state index in [1.54, 1.807) is 30.3 Å². The van der Waals surface area contributed by atoms with Gasteiger partial charge in [0, 0.05) is 17.2 Å². The number of ether oxygens (including phenoxy) is 2. The zero-order chi connectivity index (χ0) is 21.1. The van der Waals surface area contributed by atoms with Crippen LogP contribution < -0.4 is 11.2 Å². The number of aromatic amines is 1. The van der Waals surface area contributed by atoms with E-state index in [1.165, 1.54) is 28.6 Å².